The first-order valence-corrected chi connectivity index (χ1v) is 20.5. The van der Waals surface area contributed by atoms with Gasteiger partial charge in [0.25, 0.3) is 5.82 Å². The summed E-state index contributed by atoms with van der Waals surface area (Å²) < 4.78 is 14.7. The number of aromatic nitrogens is 4. The van der Waals surface area contributed by atoms with Crippen LogP contribution in [-0.2, 0) is 18.0 Å². The molecule has 10 rings (SSSR count). The van der Waals surface area contributed by atoms with Crippen LogP contribution in [0, 0.1) is 6.92 Å². The lowest BCUT2D eigenvalue weighted by atomic mass is 9.78. The predicted octanol–water partition coefficient (Wildman–Crippen LogP) is 13.0. The summed E-state index contributed by atoms with van der Waals surface area (Å²) in [4.78, 5) is 5.72. The number of nitrogens with zero attached hydrogens (tertiary/aromatic N) is 4. The van der Waals surface area contributed by atoms with Gasteiger partial charge < -0.3 is 8.98 Å². The van der Waals surface area contributed by atoms with E-state index in [9.17, 15) is 0 Å². The van der Waals surface area contributed by atoms with Crippen molar-refractivity contribution in [1.82, 2.24) is 14.1 Å². The number of benzene rings is 6. The van der Waals surface area contributed by atoms with Gasteiger partial charge >= 0.3 is 0 Å². The van der Waals surface area contributed by atoms with Gasteiger partial charge in [0.15, 0.2) is 22.2 Å². The number of imidazole rings is 2. The second-order valence-electron chi connectivity index (χ2n) is 18.0. The van der Waals surface area contributed by atoms with Gasteiger partial charge in [0.2, 0.25) is 0 Å². The molecular formula is C52H51N4O+. The normalized spacial score (nSPS) is 13.9. The molecule has 0 bridgehead atoms. The van der Waals surface area contributed by atoms with Crippen LogP contribution >= 0.6 is 0 Å². The van der Waals surface area contributed by atoms with Crippen molar-refractivity contribution in [3.63, 3.8) is 0 Å². The van der Waals surface area contributed by atoms with Crippen LogP contribution in [0.5, 0.6) is 0 Å². The molecule has 0 fully saturated rings. The van der Waals surface area contributed by atoms with E-state index in [1.54, 1.807) is 0 Å². The van der Waals surface area contributed by atoms with E-state index in [0.717, 1.165) is 55.7 Å². The maximum atomic E-state index is 7.34. The lowest BCUT2D eigenvalue weighted by molar-refractivity contribution is -0.633. The highest BCUT2D eigenvalue weighted by Crippen LogP contribution is 2.53. The van der Waals surface area contributed by atoms with E-state index in [2.05, 4.69) is 198 Å². The molecule has 0 atom stereocenters. The van der Waals surface area contributed by atoms with E-state index < -0.39 is 5.41 Å². The van der Waals surface area contributed by atoms with Gasteiger partial charge in [0.05, 0.1) is 18.0 Å². The number of furan rings is 1. The quantitative estimate of drug-likeness (QED) is 0.165. The molecule has 3 aromatic heterocycles. The van der Waals surface area contributed by atoms with Crippen LogP contribution in [0.3, 0.4) is 0 Å². The third-order valence-electron chi connectivity index (χ3n) is 12.8. The summed E-state index contributed by atoms with van der Waals surface area (Å²) in [7, 11) is 2.20. The predicted molar refractivity (Wildman–Crippen MR) is 236 cm³/mol. The van der Waals surface area contributed by atoms with Gasteiger partial charge in [-0.1, -0.05) is 119 Å². The summed E-state index contributed by atoms with van der Waals surface area (Å²) in [5, 5.41) is 2.18. The lowest BCUT2D eigenvalue weighted by Crippen LogP contribution is -2.33. The second kappa shape index (κ2) is 12.3. The standard InChI is InChI=1S/C52H51N4O/c1-30(2)33-20-17-21-34(31(3)4)46(33)55-42-25-16-15-24-41(42)54(10)49(55)44-32(5)26-27-37-38-28-29-43-45(48(38)57-47(37)44)53-50(56(43)51(6,7)8)52(9)39-22-13-11-18-35(39)36-19-12-14-23-40(36)52/h11-31H,1-10H3/q+1. The van der Waals surface area contributed by atoms with E-state index >= 15 is 0 Å². The Morgan fingerprint density at radius 1 is 0.667 bits per heavy atom. The summed E-state index contributed by atoms with van der Waals surface area (Å²) >= 11 is 0. The number of para-hydroxylation sites is 3. The van der Waals surface area contributed by atoms with Crippen molar-refractivity contribution in [3.8, 4) is 28.2 Å². The first kappa shape index (κ1) is 35.5. The molecule has 5 nitrogen and oxygen atoms in total. The van der Waals surface area contributed by atoms with Gasteiger partial charge in [0.1, 0.15) is 22.6 Å². The zero-order valence-corrected chi connectivity index (χ0v) is 34.8. The van der Waals surface area contributed by atoms with Crippen LogP contribution in [0.1, 0.15) is 101 Å². The zero-order chi connectivity index (χ0) is 39.7. The number of fused-ring (bicyclic) bond motifs is 9. The Balaban J connectivity index is 1.31. The molecular weight excluding hydrogens is 697 g/mol. The molecule has 3 heterocycles. The third-order valence-corrected chi connectivity index (χ3v) is 12.8. The van der Waals surface area contributed by atoms with Crippen molar-refractivity contribution < 1.29 is 8.98 Å². The fourth-order valence-corrected chi connectivity index (χ4v) is 10.1. The Kier molecular flexibility index (Phi) is 7.64. The minimum absolute atomic E-state index is 0.256. The number of hydrogen-bond acceptors (Lipinski definition) is 2. The van der Waals surface area contributed by atoms with Crippen LogP contribution < -0.4 is 4.57 Å². The van der Waals surface area contributed by atoms with Crippen LogP contribution in [-0.4, -0.2) is 14.1 Å². The molecule has 1 aliphatic carbocycles. The van der Waals surface area contributed by atoms with Crippen molar-refractivity contribution in [1.29, 1.82) is 0 Å². The maximum Gasteiger partial charge on any atom is 0.299 e. The average Bonchev–Trinajstić information content (AvgIpc) is 3.93. The fraction of sp³-hybridized carbons (Fsp3) is 0.269. The van der Waals surface area contributed by atoms with Gasteiger partial charge in [-0.2, -0.15) is 4.57 Å². The molecule has 9 aromatic rings. The highest BCUT2D eigenvalue weighted by Gasteiger charge is 2.46. The van der Waals surface area contributed by atoms with Crippen LogP contribution in [0.25, 0.3) is 72.2 Å². The van der Waals surface area contributed by atoms with E-state index in [0.29, 0.717) is 11.8 Å². The van der Waals surface area contributed by atoms with Gasteiger partial charge in [-0.25, -0.2) is 9.55 Å². The van der Waals surface area contributed by atoms with E-state index in [-0.39, 0.29) is 5.54 Å². The van der Waals surface area contributed by atoms with Gasteiger partial charge in [-0.15, -0.1) is 0 Å². The Morgan fingerprint density at radius 3 is 1.88 bits per heavy atom. The molecule has 6 aromatic carbocycles. The number of rotatable bonds is 5. The number of hydrogen-bond donors (Lipinski definition) is 0. The minimum atomic E-state index is -0.466. The molecule has 0 radical (unpaired) electrons. The second-order valence-corrected chi connectivity index (χ2v) is 18.0. The Labute approximate surface area is 335 Å². The van der Waals surface area contributed by atoms with E-state index in [1.807, 2.05) is 0 Å². The summed E-state index contributed by atoms with van der Waals surface area (Å²) in [5.41, 5.74) is 16.7. The Hall–Kier alpha value is -5.94. The topological polar surface area (TPSA) is 39.8 Å². The van der Waals surface area contributed by atoms with Crippen LogP contribution in [0.2, 0.25) is 0 Å². The smallest absolute Gasteiger partial charge is 0.299 e. The Bertz CT molecular complexity index is 3030. The van der Waals surface area contributed by atoms with Crippen molar-refractivity contribution in [2.75, 3.05) is 0 Å². The van der Waals surface area contributed by atoms with E-state index in [1.165, 1.54) is 50.1 Å². The molecule has 0 aliphatic heterocycles. The summed E-state index contributed by atoms with van der Waals surface area (Å²) in [6.07, 6.45) is 0. The highest BCUT2D eigenvalue weighted by molar-refractivity contribution is 6.16. The molecule has 0 amide bonds. The number of aryl methyl sites for hydroxylation is 2. The van der Waals surface area contributed by atoms with Crippen molar-refractivity contribution in [2.45, 2.75) is 85.1 Å². The summed E-state index contributed by atoms with van der Waals surface area (Å²) in [6.45, 7) is 20.7. The van der Waals surface area contributed by atoms with Crippen molar-refractivity contribution in [3.05, 3.63) is 149 Å². The first-order valence-electron chi connectivity index (χ1n) is 20.5. The maximum absolute atomic E-state index is 7.34. The lowest BCUT2D eigenvalue weighted by Gasteiger charge is -2.33. The summed E-state index contributed by atoms with van der Waals surface area (Å²) in [6, 6.07) is 42.4. The van der Waals surface area contributed by atoms with Gasteiger partial charge in [-0.3, -0.25) is 0 Å². The Morgan fingerprint density at radius 2 is 1.25 bits per heavy atom. The third kappa shape index (κ3) is 4.81. The summed E-state index contributed by atoms with van der Waals surface area (Å²) in [5.74, 6) is 2.81. The molecule has 5 heteroatoms. The molecule has 0 saturated heterocycles. The SMILES string of the molecule is Cc1ccc2c(oc3c2ccc2c3nc(C3(C)c4ccccc4-c4ccccc43)n2C(C)(C)C)c1-c1n(-c2c(C(C)C)cccc2C(C)C)c2ccccc2[n+]1C. The fourth-order valence-electron chi connectivity index (χ4n) is 10.1. The van der Waals surface area contributed by atoms with Crippen molar-refractivity contribution in [2.24, 2.45) is 7.05 Å². The largest absolute Gasteiger partial charge is 0.453 e. The van der Waals surface area contributed by atoms with Gasteiger partial charge in [-0.05, 0) is 98.5 Å². The first-order chi connectivity index (χ1) is 27.3. The van der Waals surface area contributed by atoms with Gasteiger partial charge in [0, 0.05) is 27.4 Å². The molecule has 284 valence electrons. The van der Waals surface area contributed by atoms with E-state index in [4.69, 9.17) is 9.40 Å². The highest BCUT2D eigenvalue weighted by atomic mass is 16.3. The average molecular weight is 748 g/mol. The molecule has 0 N–H and O–H groups in total. The molecule has 57 heavy (non-hydrogen) atoms. The molecule has 0 unspecified atom stereocenters. The minimum Gasteiger partial charge on any atom is -0.453 e. The molecule has 0 spiro atoms. The molecule has 1 aliphatic rings. The van der Waals surface area contributed by atoms with Crippen LogP contribution in [0.15, 0.2) is 120 Å². The molecule has 0 saturated carbocycles. The monoisotopic (exact) mass is 747 g/mol. The zero-order valence-electron chi connectivity index (χ0n) is 34.8. The van der Waals surface area contributed by atoms with Crippen LogP contribution in [0.4, 0.5) is 0 Å². The van der Waals surface area contributed by atoms with Crippen molar-refractivity contribution >= 4 is 44.0 Å².